The SMILES string of the molecule is CC(C)(C)c1ccc(CN2CCC(F)(CO)C2)cc1. The summed E-state index contributed by atoms with van der Waals surface area (Å²) < 4.78 is 13.9. The van der Waals surface area contributed by atoms with Crippen molar-refractivity contribution < 1.29 is 9.50 Å². The van der Waals surface area contributed by atoms with Crippen molar-refractivity contribution in [1.82, 2.24) is 4.90 Å². The van der Waals surface area contributed by atoms with Crippen LogP contribution in [-0.4, -0.2) is 35.4 Å². The highest BCUT2D eigenvalue weighted by molar-refractivity contribution is 5.27. The van der Waals surface area contributed by atoms with Crippen molar-refractivity contribution >= 4 is 0 Å². The van der Waals surface area contributed by atoms with Crippen LogP contribution in [0.2, 0.25) is 0 Å². The second-order valence-electron chi connectivity index (χ2n) is 6.72. The highest BCUT2D eigenvalue weighted by Gasteiger charge is 2.37. The summed E-state index contributed by atoms with van der Waals surface area (Å²) >= 11 is 0. The molecule has 1 heterocycles. The molecule has 0 amide bonds. The Kier molecular flexibility index (Phi) is 3.98. The first-order valence-corrected chi connectivity index (χ1v) is 6.94. The van der Waals surface area contributed by atoms with Crippen LogP contribution >= 0.6 is 0 Å². The van der Waals surface area contributed by atoms with Gasteiger partial charge in [0.05, 0.1) is 6.61 Å². The van der Waals surface area contributed by atoms with E-state index in [0.717, 1.165) is 13.1 Å². The van der Waals surface area contributed by atoms with E-state index in [1.807, 2.05) is 0 Å². The zero-order chi connectivity index (χ0) is 14.1. The van der Waals surface area contributed by atoms with Crippen molar-refractivity contribution in [3.05, 3.63) is 35.4 Å². The zero-order valence-electron chi connectivity index (χ0n) is 12.1. The number of likely N-dealkylation sites (tertiary alicyclic amines) is 1. The molecule has 1 unspecified atom stereocenters. The lowest BCUT2D eigenvalue weighted by Gasteiger charge is -2.21. The maximum absolute atomic E-state index is 13.9. The maximum Gasteiger partial charge on any atom is 0.147 e. The van der Waals surface area contributed by atoms with Crippen LogP contribution in [0.25, 0.3) is 0 Å². The number of nitrogens with zero attached hydrogens (tertiary/aromatic N) is 1. The van der Waals surface area contributed by atoms with Crippen molar-refractivity contribution in [1.29, 1.82) is 0 Å². The van der Waals surface area contributed by atoms with Crippen molar-refractivity contribution in [2.45, 2.75) is 44.8 Å². The highest BCUT2D eigenvalue weighted by Crippen LogP contribution is 2.27. The maximum atomic E-state index is 13.9. The predicted octanol–water partition coefficient (Wildman–Crippen LogP) is 2.89. The van der Waals surface area contributed by atoms with Crippen LogP contribution in [0.4, 0.5) is 4.39 Å². The normalized spacial score (nSPS) is 24.9. The largest absolute Gasteiger partial charge is 0.393 e. The average molecular weight is 265 g/mol. The van der Waals surface area contributed by atoms with Gasteiger partial charge in [-0.05, 0) is 23.0 Å². The number of hydrogen-bond acceptors (Lipinski definition) is 2. The summed E-state index contributed by atoms with van der Waals surface area (Å²) in [4.78, 5) is 2.07. The molecule has 1 atom stereocenters. The second-order valence-corrected chi connectivity index (χ2v) is 6.72. The van der Waals surface area contributed by atoms with Crippen LogP contribution in [0.5, 0.6) is 0 Å². The van der Waals surface area contributed by atoms with Gasteiger partial charge < -0.3 is 5.11 Å². The van der Waals surface area contributed by atoms with Crippen molar-refractivity contribution in [2.75, 3.05) is 19.7 Å². The molecular weight excluding hydrogens is 241 g/mol. The number of aliphatic hydroxyl groups is 1. The molecule has 2 nitrogen and oxygen atoms in total. The lowest BCUT2D eigenvalue weighted by molar-refractivity contribution is 0.0769. The number of aliphatic hydroxyl groups excluding tert-OH is 1. The van der Waals surface area contributed by atoms with Crippen LogP contribution in [-0.2, 0) is 12.0 Å². The molecule has 1 aromatic carbocycles. The van der Waals surface area contributed by atoms with Gasteiger partial charge in [0.25, 0.3) is 0 Å². The fourth-order valence-corrected chi connectivity index (χ4v) is 2.55. The first kappa shape index (κ1) is 14.5. The van der Waals surface area contributed by atoms with E-state index in [1.165, 1.54) is 11.1 Å². The van der Waals surface area contributed by atoms with Crippen LogP contribution in [0.3, 0.4) is 0 Å². The Morgan fingerprint density at radius 1 is 1.26 bits per heavy atom. The van der Waals surface area contributed by atoms with E-state index in [4.69, 9.17) is 5.11 Å². The first-order chi connectivity index (χ1) is 8.82. The van der Waals surface area contributed by atoms with E-state index in [2.05, 4.69) is 49.9 Å². The highest BCUT2D eigenvalue weighted by atomic mass is 19.1. The molecule has 1 aliphatic heterocycles. The van der Waals surface area contributed by atoms with E-state index in [1.54, 1.807) is 0 Å². The average Bonchev–Trinajstić information content (AvgIpc) is 2.71. The van der Waals surface area contributed by atoms with Crippen LogP contribution in [0.15, 0.2) is 24.3 Å². The van der Waals surface area contributed by atoms with E-state index < -0.39 is 5.67 Å². The summed E-state index contributed by atoms with van der Waals surface area (Å²) in [7, 11) is 0. The molecule has 0 saturated carbocycles. The summed E-state index contributed by atoms with van der Waals surface area (Å²) in [6, 6.07) is 8.55. The minimum atomic E-state index is -1.40. The van der Waals surface area contributed by atoms with Gasteiger partial charge in [0.1, 0.15) is 5.67 Å². The van der Waals surface area contributed by atoms with Crippen molar-refractivity contribution in [3.63, 3.8) is 0 Å². The lowest BCUT2D eigenvalue weighted by atomic mass is 9.87. The Morgan fingerprint density at radius 3 is 2.37 bits per heavy atom. The minimum absolute atomic E-state index is 0.164. The van der Waals surface area contributed by atoms with Crippen LogP contribution in [0.1, 0.15) is 38.3 Å². The minimum Gasteiger partial charge on any atom is -0.393 e. The molecule has 19 heavy (non-hydrogen) atoms. The molecule has 1 aliphatic rings. The van der Waals surface area contributed by atoms with Gasteiger partial charge in [0.2, 0.25) is 0 Å². The molecule has 1 N–H and O–H groups in total. The van der Waals surface area contributed by atoms with E-state index in [-0.39, 0.29) is 12.0 Å². The summed E-state index contributed by atoms with van der Waals surface area (Å²) in [6.45, 7) is 8.04. The summed E-state index contributed by atoms with van der Waals surface area (Å²) in [5, 5.41) is 9.03. The standard InChI is InChI=1S/C16H24FNO/c1-15(2,3)14-6-4-13(5-7-14)10-18-9-8-16(17,11-18)12-19/h4-7,19H,8-12H2,1-3H3. The van der Waals surface area contributed by atoms with Crippen LogP contribution < -0.4 is 0 Å². The molecule has 2 rings (SSSR count). The van der Waals surface area contributed by atoms with Gasteiger partial charge in [0.15, 0.2) is 0 Å². The third-order valence-electron chi connectivity index (χ3n) is 3.89. The van der Waals surface area contributed by atoms with Crippen LogP contribution in [0, 0.1) is 0 Å². The quantitative estimate of drug-likeness (QED) is 0.908. The molecule has 0 spiro atoms. The zero-order valence-corrected chi connectivity index (χ0v) is 12.1. The monoisotopic (exact) mass is 265 g/mol. The van der Waals surface area contributed by atoms with E-state index in [0.29, 0.717) is 13.0 Å². The van der Waals surface area contributed by atoms with Crippen molar-refractivity contribution in [3.8, 4) is 0 Å². The first-order valence-electron chi connectivity index (χ1n) is 6.94. The Balaban J connectivity index is 1.98. The molecular formula is C16H24FNO. The summed E-state index contributed by atoms with van der Waals surface area (Å²) in [6.07, 6.45) is 0.434. The Labute approximate surface area is 115 Å². The molecule has 0 aliphatic carbocycles. The molecule has 1 saturated heterocycles. The van der Waals surface area contributed by atoms with Gasteiger partial charge in [-0.25, -0.2) is 4.39 Å². The third-order valence-corrected chi connectivity index (χ3v) is 3.89. The summed E-state index contributed by atoms with van der Waals surface area (Å²) in [5.41, 5.74) is 1.28. The third kappa shape index (κ3) is 3.54. The lowest BCUT2D eigenvalue weighted by Crippen LogP contribution is -2.32. The van der Waals surface area contributed by atoms with Gasteiger partial charge in [-0.3, -0.25) is 4.90 Å². The number of hydrogen-bond donors (Lipinski definition) is 1. The molecule has 1 aromatic rings. The second kappa shape index (κ2) is 5.22. The van der Waals surface area contributed by atoms with Gasteiger partial charge >= 0.3 is 0 Å². The number of halogens is 1. The van der Waals surface area contributed by atoms with Crippen molar-refractivity contribution in [2.24, 2.45) is 0 Å². The molecule has 3 heteroatoms. The Hall–Kier alpha value is -0.930. The predicted molar refractivity (Wildman–Crippen MR) is 76.0 cm³/mol. The fourth-order valence-electron chi connectivity index (χ4n) is 2.55. The Morgan fingerprint density at radius 2 is 1.89 bits per heavy atom. The van der Waals surface area contributed by atoms with E-state index >= 15 is 0 Å². The fraction of sp³-hybridized carbons (Fsp3) is 0.625. The molecule has 106 valence electrons. The topological polar surface area (TPSA) is 23.5 Å². The van der Waals surface area contributed by atoms with E-state index in [9.17, 15) is 4.39 Å². The van der Waals surface area contributed by atoms with Gasteiger partial charge in [-0.15, -0.1) is 0 Å². The molecule has 0 aromatic heterocycles. The smallest absolute Gasteiger partial charge is 0.147 e. The van der Waals surface area contributed by atoms with Gasteiger partial charge in [0, 0.05) is 19.6 Å². The number of rotatable bonds is 3. The molecule has 0 bridgehead atoms. The molecule has 0 radical (unpaired) electrons. The van der Waals surface area contributed by atoms with Gasteiger partial charge in [-0.2, -0.15) is 0 Å². The number of alkyl halides is 1. The summed E-state index contributed by atoms with van der Waals surface area (Å²) in [5.74, 6) is 0. The molecule has 1 fully saturated rings. The number of benzene rings is 1. The Bertz CT molecular complexity index is 423. The van der Waals surface area contributed by atoms with Gasteiger partial charge in [-0.1, -0.05) is 45.0 Å².